The summed E-state index contributed by atoms with van der Waals surface area (Å²) < 4.78 is 5.12. The van der Waals surface area contributed by atoms with Crippen LogP contribution < -0.4 is 0 Å². The van der Waals surface area contributed by atoms with Crippen molar-refractivity contribution in [1.29, 1.82) is 0 Å². The van der Waals surface area contributed by atoms with Gasteiger partial charge in [-0.25, -0.2) is 0 Å². The van der Waals surface area contributed by atoms with Crippen LogP contribution in [0.2, 0.25) is 0 Å². The molecule has 0 atom stereocenters. The number of benzene rings is 1. The molecule has 8 nitrogen and oxygen atoms in total. The summed E-state index contributed by atoms with van der Waals surface area (Å²) in [7, 11) is 0. The molecule has 3 amide bonds. The molecule has 0 radical (unpaired) electrons. The number of carbonyl (C=O) groups is 3. The van der Waals surface area contributed by atoms with Crippen molar-refractivity contribution in [3.05, 3.63) is 52.9 Å². The lowest BCUT2D eigenvalue weighted by atomic mass is 10.1. The zero-order valence-electron chi connectivity index (χ0n) is 16.5. The number of hydrogen-bond acceptors (Lipinski definition) is 6. The fraction of sp³-hybridized carbons (Fsp3) is 0.429. The van der Waals surface area contributed by atoms with E-state index in [-0.39, 0.29) is 30.7 Å². The molecule has 152 valence electrons. The summed E-state index contributed by atoms with van der Waals surface area (Å²) in [5.41, 5.74) is 1.73. The van der Waals surface area contributed by atoms with Gasteiger partial charge < -0.3 is 9.42 Å². The van der Waals surface area contributed by atoms with Crippen molar-refractivity contribution in [2.75, 3.05) is 32.7 Å². The Balaban J connectivity index is 1.29. The second-order valence-corrected chi connectivity index (χ2v) is 7.50. The summed E-state index contributed by atoms with van der Waals surface area (Å²) in [5, 5.41) is 4.03. The minimum absolute atomic E-state index is 0.0271. The maximum absolute atomic E-state index is 12.7. The smallest absolute Gasteiger partial charge is 0.261 e. The largest absolute Gasteiger partial charge is 0.361 e. The van der Waals surface area contributed by atoms with E-state index in [2.05, 4.69) is 10.1 Å². The van der Waals surface area contributed by atoms with E-state index in [9.17, 15) is 14.4 Å². The van der Waals surface area contributed by atoms with Gasteiger partial charge in [0, 0.05) is 51.8 Å². The standard InChI is InChI=1S/C21H24N4O4/c1-15-13-16(22-29-15)14-23-8-4-9-24(12-11-23)19(26)7-10-25-20(27)17-5-2-3-6-18(17)21(25)28/h2-3,5-6,13H,4,7-12,14H2,1H3. The molecule has 2 aliphatic heterocycles. The fourth-order valence-corrected chi connectivity index (χ4v) is 3.91. The molecule has 3 heterocycles. The molecule has 0 unspecified atom stereocenters. The van der Waals surface area contributed by atoms with Crippen LogP contribution in [0.4, 0.5) is 0 Å². The highest BCUT2D eigenvalue weighted by atomic mass is 16.5. The molecular formula is C21H24N4O4. The number of aromatic nitrogens is 1. The molecule has 4 rings (SSSR count). The maximum atomic E-state index is 12.7. The van der Waals surface area contributed by atoms with Gasteiger partial charge in [0.2, 0.25) is 5.91 Å². The van der Waals surface area contributed by atoms with Crippen LogP contribution in [-0.2, 0) is 11.3 Å². The van der Waals surface area contributed by atoms with Crippen LogP contribution in [0.5, 0.6) is 0 Å². The van der Waals surface area contributed by atoms with Crippen molar-refractivity contribution in [2.45, 2.75) is 26.3 Å². The van der Waals surface area contributed by atoms with Crippen molar-refractivity contribution < 1.29 is 18.9 Å². The molecule has 2 aliphatic rings. The molecule has 0 bridgehead atoms. The molecule has 2 aromatic rings. The van der Waals surface area contributed by atoms with E-state index in [1.165, 1.54) is 4.90 Å². The molecule has 1 saturated heterocycles. The van der Waals surface area contributed by atoms with Gasteiger partial charge in [-0.1, -0.05) is 17.3 Å². The Bertz CT molecular complexity index is 903. The van der Waals surface area contributed by atoms with Crippen LogP contribution in [0.25, 0.3) is 0 Å². The van der Waals surface area contributed by atoms with Gasteiger partial charge in [-0.2, -0.15) is 0 Å². The predicted octanol–water partition coefficient (Wildman–Crippen LogP) is 1.70. The van der Waals surface area contributed by atoms with Gasteiger partial charge in [0.1, 0.15) is 5.76 Å². The number of imide groups is 1. The first-order valence-corrected chi connectivity index (χ1v) is 9.90. The lowest BCUT2D eigenvalue weighted by Crippen LogP contribution is -2.38. The summed E-state index contributed by atoms with van der Waals surface area (Å²) in [6.45, 7) is 5.62. The predicted molar refractivity (Wildman–Crippen MR) is 104 cm³/mol. The maximum Gasteiger partial charge on any atom is 0.261 e. The van der Waals surface area contributed by atoms with Crippen LogP contribution >= 0.6 is 0 Å². The number of nitrogens with zero attached hydrogens (tertiary/aromatic N) is 4. The van der Waals surface area contributed by atoms with Crippen LogP contribution in [0.1, 0.15) is 45.0 Å². The third-order valence-electron chi connectivity index (χ3n) is 5.43. The van der Waals surface area contributed by atoms with Gasteiger partial charge in [0.25, 0.3) is 11.8 Å². The number of amides is 3. The van der Waals surface area contributed by atoms with Crippen LogP contribution in [-0.4, -0.2) is 70.3 Å². The first kappa shape index (κ1) is 19.3. The Morgan fingerprint density at radius 3 is 2.45 bits per heavy atom. The van der Waals surface area contributed by atoms with Gasteiger partial charge in [-0.05, 0) is 25.5 Å². The average molecular weight is 396 g/mol. The monoisotopic (exact) mass is 396 g/mol. The van der Waals surface area contributed by atoms with E-state index in [4.69, 9.17) is 4.52 Å². The second kappa shape index (κ2) is 8.16. The van der Waals surface area contributed by atoms with Crippen molar-refractivity contribution in [3.8, 4) is 0 Å². The zero-order valence-corrected chi connectivity index (χ0v) is 16.5. The van der Waals surface area contributed by atoms with Gasteiger partial charge in [0.15, 0.2) is 0 Å². The van der Waals surface area contributed by atoms with Crippen LogP contribution in [0.3, 0.4) is 0 Å². The van der Waals surface area contributed by atoms with E-state index in [1.807, 2.05) is 17.9 Å². The molecule has 1 fully saturated rings. The lowest BCUT2D eigenvalue weighted by Gasteiger charge is -2.22. The second-order valence-electron chi connectivity index (χ2n) is 7.50. The first-order valence-electron chi connectivity index (χ1n) is 9.90. The first-order chi connectivity index (χ1) is 14.0. The quantitative estimate of drug-likeness (QED) is 0.715. The number of rotatable bonds is 5. The molecule has 29 heavy (non-hydrogen) atoms. The Hall–Kier alpha value is -3.00. The van der Waals surface area contributed by atoms with E-state index < -0.39 is 0 Å². The SMILES string of the molecule is Cc1cc(CN2CCCN(C(=O)CCN3C(=O)c4ccccc4C3=O)CC2)no1. The fourth-order valence-electron chi connectivity index (χ4n) is 3.91. The minimum Gasteiger partial charge on any atom is -0.361 e. The average Bonchev–Trinajstić information content (AvgIpc) is 3.12. The van der Waals surface area contributed by atoms with E-state index in [0.717, 1.165) is 31.0 Å². The molecule has 0 N–H and O–H groups in total. The molecule has 1 aromatic heterocycles. The third kappa shape index (κ3) is 4.07. The molecule has 0 spiro atoms. The topological polar surface area (TPSA) is 87.0 Å². The number of aryl methyl sites for hydroxylation is 1. The number of carbonyl (C=O) groups excluding carboxylic acids is 3. The summed E-state index contributed by atoms with van der Waals surface area (Å²) in [6.07, 6.45) is 1.02. The van der Waals surface area contributed by atoms with Crippen molar-refractivity contribution in [3.63, 3.8) is 0 Å². The minimum atomic E-state index is -0.316. The van der Waals surface area contributed by atoms with E-state index >= 15 is 0 Å². The molecule has 8 heteroatoms. The van der Waals surface area contributed by atoms with Gasteiger partial charge in [-0.15, -0.1) is 0 Å². The summed E-state index contributed by atoms with van der Waals surface area (Å²) in [5.74, 6) is 0.132. The van der Waals surface area contributed by atoms with Crippen molar-refractivity contribution in [2.24, 2.45) is 0 Å². The summed E-state index contributed by atoms with van der Waals surface area (Å²) >= 11 is 0. The van der Waals surface area contributed by atoms with Gasteiger partial charge in [0.05, 0.1) is 16.8 Å². The van der Waals surface area contributed by atoms with Crippen molar-refractivity contribution in [1.82, 2.24) is 19.9 Å². The number of fused-ring (bicyclic) bond motifs is 1. The van der Waals surface area contributed by atoms with Gasteiger partial charge >= 0.3 is 0 Å². The molecular weight excluding hydrogens is 372 g/mol. The zero-order chi connectivity index (χ0) is 20.4. The van der Waals surface area contributed by atoms with E-state index in [0.29, 0.717) is 30.8 Å². The lowest BCUT2D eigenvalue weighted by molar-refractivity contribution is -0.131. The summed E-state index contributed by atoms with van der Waals surface area (Å²) in [4.78, 5) is 42.8. The Kier molecular flexibility index (Phi) is 5.44. The highest BCUT2D eigenvalue weighted by Crippen LogP contribution is 2.22. The Morgan fingerprint density at radius 1 is 1.07 bits per heavy atom. The van der Waals surface area contributed by atoms with Crippen molar-refractivity contribution >= 4 is 17.7 Å². The molecule has 1 aromatic carbocycles. The molecule has 0 aliphatic carbocycles. The number of hydrogen-bond donors (Lipinski definition) is 0. The van der Waals surface area contributed by atoms with Crippen LogP contribution in [0.15, 0.2) is 34.9 Å². The Labute approximate surface area is 169 Å². The Morgan fingerprint density at radius 2 is 1.79 bits per heavy atom. The van der Waals surface area contributed by atoms with Gasteiger partial charge in [-0.3, -0.25) is 24.2 Å². The van der Waals surface area contributed by atoms with Crippen LogP contribution in [0, 0.1) is 6.92 Å². The van der Waals surface area contributed by atoms with E-state index in [1.54, 1.807) is 24.3 Å². The third-order valence-corrected chi connectivity index (χ3v) is 5.43. The highest BCUT2D eigenvalue weighted by Gasteiger charge is 2.35. The summed E-state index contributed by atoms with van der Waals surface area (Å²) in [6, 6.07) is 8.70. The molecule has 0 saturated carbocycles. The normalized spacial score (nSPS) is 17.6. The highest BCUT2D eigenvalue weighted by molar-refractivity contribution is 6.21.